The molecule has 0 atom stereocenters. The number of nitro groups is 1. The van der Waals surface area contributed by atoms with E-state index in [1.807, 2.05) is 0 Å². The molecule has 0 unspecified atom stereocenters. The van der Waals surface area contributed by atoms with Crippen molar-refractivity contribution in [2.24, 2.45) is 0 Å². The minimum atomic E-state index is -1.00. The summed E-state index contributed by atoms with van der Waals surface area (Å²) < 4.78 is 22.0. The lowest BCUT2D eigenvalue weighted by atomic mass is 10.1. The number of nitrogens with zero attached hydrogens (tertiary/aromatic N) is 1. The lowest BCUT2D eigenvalue weighted by Crippen LogP contribution is -2.13. The number of halogens is 1. The molecule has 108 valence electrons. The van der Waals surface area contributed by atoms with E-state index < -0.39 is 35.0 Å². The van der Waals surface area contributed by atoms with Gasteiger partial charge in [0, 0.05) is 5.56 Å². The third-order valence-electron chi connectivity index (χ3n) is 2.47. The van der Waals surface area contributed by atoms with Crippen LogP contribution >= 0.6 is 0 Å². The van der Waals surface area contributed by atoms with Crippen molar-refractivity contribution in [3.63, 3.8) is 0 Å². The van der Waals surface area contributed by atoms with Crippen molar-refractivity contribution >= 4 is 17.6 Å². The van der Waals surface area contributed by atoms with Gasteiger partial charge < -0.3 is 9.15 Å². The van der Waals surface area contributed by atoms with Crippen molar-refractivity contribution < 1.29 is 28.1 Å². The number of ketones is 1. The summed E-state index contributed by atoms with van der Waals surface area (Å²) in [6.45, 7) is -0.584. The standard InChI is InChI=1S/C13H8FNO6/c14-9-3-1-8(2-4-9)10(16)7-20-13(17)11-5-6-12(21-11)15(18)19/h1-6H,7H2. The van der Waals surface area contributed by atoms with E-state index in [1.54, 1.807) is 0 Å². The summed E-state index contributed by atoms with van der Waals surface area (Å²) >= 11 is 0. The Kier molecular flexibility index (Phi) is 4.07. The number of esters is 1. The highest BCUT2D eigenvalue weighted by atomic mass is 19.1. The number of Topliss-reactive ketones (excluding diaryl/α,β-unsaturated/α-hetero) is 1. The number of carbonyl (C=O) groups excluding carboxylic acids is 2. The molecule has 0 radical (unpaired) electrons. The number of carbonyl (C=O) groups is 2. The summed E-state index contributed by atoms with van der Waals surface area (Å²) in [5.74, 6) is -3.02. The van der Waals surface area contributed by atoms with E-state index in [0.29, 0.717) is 0 Å². The van der Waals surface area contributed by atoms with Crippen LogP contribution < -0.4 is 0 Å². The Morgan fingerprint density at radius 1 is 1.19 bits per heavy atom. The second kappa shape index (κ2) is 5.95. The molecule has 1 aromatic carbocycles. The largest absolute Gasteiger partial charge is 0.451 e. The maximum absolute atomic E-state index is 12.7. The SMILES string of the molecule is O=C(COC(=O)c1ccc([N+](=O)[O-])o1)c1ccc(F)cc1. The molecule has 1 aromatic heterocycles. The fourth-order valence-electron chi connectivity index (χ4n) is 1.46. The molecule has 0 spiro atoms. The zero-order valence-electron chi connectivity index (χ0n) is 10.4. The van der Waals surface area contributed by atoms with Crippen molar-refractivity contribution in [2.45, 2.75) is 0 Å². The van der Waals surface area contributed by atoms with Crippen LogP contribution in [0.25, 0.3) is 0 Å². The minimum Gasteiger partial charge on any atom is -0.451 e. The maximum Gasteiger partial charge on any atom is 0.433 e. The Bertz CT molecular complexity index is 691. The van der Waals surface area contributed by atoms with Gasteiger partial charge in [-0.05, 0) is 30.3 Å². The molecule has 21 heavy (non-hydrogen) atoms. The fraction of sp³-hybridized carbons (Fsp3) is 0.0769. The van der Waals surface area contributed by atoms with Crippen LogP contribution in [0, 0.1) is 15.9 Å². The van der Waals surface area contributed by atoms with Gasteiger partial charge >= 0.3 is 11.9 Å². The molecule has 0 saturated carbocycles. The van der Waals surface area contributed by atoms with Crippen LogP contribution in [0.4, 0.5) is 10.3 Å². The Morgan fingerprint density at radius 2 is 1.86 bits per heavy atom. The van der Waals surface area contributed by atoms with Crippen LogP contribution in [0.2, 0.25) is 0 Å². The topological polar surface area (TPSA) is 99.7 Å². The Hall–Kier alpha value is -3.03. The van der Waals surface area contributed by atoms with Gasteiger partial charge in [-0.3, -0.25) is 14.9 Å². The highest BCUT2D eigenvalue weighted by molar-refractivity contribution is 5.98. The molecule has 2 aromatic rings. The van der Waals surface area contributed by atoms with Gasteiger partial charge in [0.15, 0.2) is 12.4 Å². The second-order valence-electron chi connectivity index (χ2n) is 3.90. The Morgan fingerprint density at radius 3 is 2.43 bits per heavy atom. The van der Waals surface area contributed by atoms with Crippen molar-refractivity contribution in [1.82, 2.24) is 0 Å². The highest BCUT2D eigenvalue weighted by Gasteiger charge is 2.19. The molecular weight excluding hydrogens is 285 g/mol. The number of rotatable bonds is 5. The van der Waals surface area contributed by atoms with Crippen molar-refractivity contribution in [2.75, 3.05) is 6.61 Å². The summed E-state index contributed by atoms with van der Waals surface area (Å²) in [4.78, 5) is 32.8. The Balaban J connectivity index is 1.95. The fourth-order valence-corrected chi connectivity index (χ4v) is 1.46. The lowest BCUT2D eigenvalue weighted by molar-refractivity contribution is -0.402. The summed E-state index contributed by atoms with van der Waals surface area (Å²) in [5, 5.41) is 10.4. The van der Waals surface area contributed by atoms with E-state index in [9.17, 15) is 24.1 Å². The molecule has 0 saturated heterocycles. The first-order valence-electron chi connectivity index (χ1n) is 5.67. The Labute approximate surface area is 117 Å². The van der Waals surface area contributed by atoms with Crippen LogP contribution in [0.1, 0.15) is 20.9 Å². The van der Waals surface area contributed by atoms with E-state index in [4.69, 9.17) is 0 Å². The molecule has 1 heterocycles. The smallest absolute Gasteiger partial charge is 0.433 e. The molecule has 0 N–H and O–H groups in total. The van der Waals surface area contributed by atoms with Gasteiger partial charge in [-0.15, -0.1) is 0 Å². The van der Waals surface area contributed by atoms with Gasteiger partial charge in [0.2, 0.25) is 5.76 Å². The van der Waals surface area contributed by atoms with Gasteiger partial charge in [-0.2, -0.15) is 0 Å². The van der Waals surface area contributed by atoms with E-state index in [2.05, 4.69) is 9.15 Å². The lowest BCUT2D eigenvalue weighted by Gasteiger charge is -2.02. The maximum atomic E-state index is 12.7. The molecule has 0 aliphatic rings. The van der Waals surface area contributed by atoms with Crippen molar-refractivity contribution in [3.05, 3.63) is 63.7 Å². The van der Waals surface area contributed by atoms with Crippen LogP contribution in [0.3, 0.4) is 0 Å². The predicted molar refractivity (Wildman–Crippen MR) is 66.4 cm³/mol. The quantitative estimate of drug-likeness (QED) is 0.363. The van der Waals surface area contributed by atoms with Crippen LogP contribution in [-0.4, -0.2) is 23.3 Å². The van der Waals surface area contributed by atoms with Gasteiger partial charge in [-0.1, -0.05) is 0 Å². The third kappa shape index (κ3) is 3.50. The molecule has 0 fully saturated rings. The number of hydrogen-bond donors (Lipinski definition) is 0. The molecule has 0 aliphatic heterocycles. The van der Waals surface area contributed by atoms with Crippen LogP contribution in [0.5, 0.6) is 0 Å². The minimum absolute atomic E-state index is 0.176. The van der Waals surface area contributed by atoms with E-state index in [0.717, 1.165) is 24.3 Å². The van der Waals surface area contributed by atoms with Crippen molar-refractivity contribution in [1.29, 1.82) is 0 Å². The first kappa shape index (κ1) is 14.4. The monoisotopic (exact) mass is 293 g/mol. The summed E-state index contributed by atoms with van der Waals surface area (Å²) in [7, 11) is 0. The normalized spacial score (nSPS) is 10.1. The second-order valence-corrected chi connectivity index (χ2v) is 3.90. The summed E-state index contributed by atoms with van der Waals surface area (Å²) in [6.07, 6.45) is 0. The van der Waals surface area contributed by atoms with Crippen molar-refractivity contribution in [3.8, 4) is 0 Å². The average Bonchev–Trinajstić information content (AvgIpc) is 2.95. The van der Waals surface area contributed by atoms with Gasteiger partial charge in [0.25, 0.3) is 0 Å². The number of hydrogen-bond acceptors (Lipinski definition) is 6. The van der Waals surface area contributed by atoms with Crippen LogP contribution in [0.15, 0.2) is 40.8 Å². The van der Waals surface area contributed by atoms with E-state index in [-0.39, 0.29) is 11.3 Å². The zero-order valence-corrected chi connectivity index (χ0v) is 10.4. The number of ether oxygens (including phenoxy) is 1. The average molecular weight is 293 g/mol. The first-order valence-corrected chi connectivity index (χ1v) is 5.67. The number of furan rings is 1. The molecule has 8 heteroatoms. The predicted octanol–water partition coefficient (Wildman–Crippen LogP) is 2.37. The van der Waals surface area contributed by atoms with Gasteiger partial charge in [-0.25, -0.2) is 9.18 Å². The molecule has 0 aliphatic carbocycles. The summed E-state index contributed by atoms with van der Waals surface area (Å²) in [6, 6.07) is 6.78. The van der Waals surface area contributed by atoms with Gasteiger partial charge in [0.05, 0.1) is 6.07 Å². The highest BCUT2D eigenvalue weighted by Crippen LogP contribution is 2.16. The molecule has 0 bridgehead atoms. The molecule has 0 amide bonds. The molecule has 2 rings (SSSR count). The summed E-state index contributed by atoms with van der Waals surface area (Å²) in [5.41, 5.74) is 0.176. The molecule has 7 nitrogen and oxygen atoms in total. The first-order chi connectivity index (χ1) is 9.97. The molecular formula is C13H8FNO6. The van der Waals surface area contributed by atoms with Gasteiger partial charge in [0.1, 0.15) is 10.7 Å². The zero-order chi connectivity index (χ0) is 15.4. The van der Waals surface area contributed by atoms with E-state index >= 15 is 0 Å². The third-order valence-corrected chi connectivity index (χ3v) is 2.47. The van der Waals surface area contributed by atoms with E-state index in [1.165, 1.54) is 12.1 Å². The number of benzene rings is 1. The van der Waals surface area contributed by atoms with Crippen LogP contribution in [-0.2, 0) is 4.74 Å².